The smallest absolute Gasteiger partial charge is 0.207 e. The zero-order valence-corrected chi connectivity index (χ0v) is 19.1. The Balaban J connectivity index is 1.58. The molecule has 4 N–H and O–H groups in total. The molecule has 4 aromatic rings. The van der Waals surface area contributed by atoms with Crippen LogP contribution >= 0.6 is 0 Å². The molecule has 0 saturated heterocycles. The molecule has 0 aliphatic carbocycles. The molecule has 4 rings (SSSR count). The van der Waals surface area contributed by atoms with Crippen molar-refractivity contribution in [3.05, 3.63) is 96.1 Å². The maximum absolute atomic E-state index is 13.4. The van der Waals surface area contributed by atoms with Gasteiger partial charge in [0.25, 0.3) is 0 Å². The highest BCUT2D eigenvalue weighted by molar-refractivity contribution is 7.91. The summed E-state index contributed by atoms with van der Waals surface area (Å²) >= 11 is 0. The molecular weight excluding hydrogens is 436 g/mol. The highest BCUT2D eigenvalue weighted by atomic mass is 32.2. The number of hydrogen-bond acceptors (Lipinski definition) is 6. The number of anilines is 2. The van der Waals surface area contributed by atoms with Crippen molar-refractivity contribution in [2.45, 2.75) is 23.6 Å². The third-order valence-electron chi connectivity index (χ3n) is 5.10. The van der Waals surface area contributed by atoms with E-state index in [0.29, 0.717) is 45.5 Å². The summed E-state index contributed by atoms with van der Waals surface area (Å²) < 4.78 is 38.4. The van der Waals surface area contributed by atoms with Crippen molar-refractivity contribution >= 4 is 21.2 Å². The second-order valence-electron chi connectivity index (χ2n) is 7.70. The fourth-order valence-corrected chi connectivity index (χ4v) is 5.13. The van der Waals surface area contributed by atoms with E-state index in [1.165, 1.54) is 0 Å². The minimum absolute atomic E-state index is 0.224. The van der Waals surface area contributed by atoms with Crippen molar-refractivity contribution in [2.24, 2.45) is 0 Å². The molecule has 0 fully saturated rings. The molecule has 0 spiro atoms. The van der Waals surface area contributed by atoms with Gasteiger partial charge in [-0.25, -0.2) is 8.42 Å². The molecule has 0 bridgehead atoms. The van der Waals surface area contributed by atoms with Crippen molar-refractivity contribution in [3.63, 3.8) is 0 Å². The summed E-state index contributed by atoms with van der Waals surface area (Å²) in [6.45, 7) is 3.49. The summed E-state index contributed by atoms with van der Waals surface area (Å²) in [5.74, 6) is 2.32. The normalized spacial score (nSPS) is 11.2. The molecule has 4 aromatic carbocycles. The summed E-state index contributed by atoms with van der Waals surface area (Å²) in [4.78, 5) is 0.449. The van der Waals surface area contributed by atoms with Gasteiger partial charge in [0.1, 0.15) is 23.0 Å². The van der Waals surface area contributed by atoms with Crippen molar-refractivity contribution in [1.29, 1.82) is 0 Å². The lowest BCUT2D eigenvalue weighted by Crippen LogP contribution is -2.06. The first-order valence-electron chi connectivity index (χ1n) is 10.3. The number of nitrogen functional groups attached to an aromatic ring is 2. The average Bonchev–Trinajstić information content (AvgIpc) is 2.77. The zero-order valence-electron chi connectivity index (χ0n) is 18.3. The monoisotopic (exact) mass is 460 g/mol. The lowest BCUT2D eigenvalue weighted by Gasteiger charge is -2.14. The molecule has 0 radical (unpaired) electrons. The number of nitrogens with two attached hydrogens (primary N) is 2. The summed E-state index contributed by atoms with van der Waals surface area (Å²) in [5, 5.41) is 0. The van der Waals surface area contributed by atoms with E-state index in [4.69, 9.17) is 20.9 Å². The number of ether oxygens (including phenoxy) is 2. The topological polar surface area (TPSA) is 105 Å². The van der Waals surface area contributed by atoms with Crippen molar-refractivity contribution < 1.29 is 17.9 Å². The minimum atomic E-state index is -3.73. The van der Waals surface area contributed by atoms with Crippen LogP contribution in [0.5, 0.6) is 23.0 Å². The molecule has 33 heavy (non-hydrogen) atoms. The zero-order chi connectivity index (χ0) is 23.6. The maximum Gasteiger partial charge on any atom is 0.207 e. The van der Waals surface area contributed by atoms with E-state index in [1.54, 1.807) is 98.8 Å². The Bertz CT molecular complexity index is 1290. The Kier molecular flexibility index (Phi) is 5.98. The van der Waals surface area contributed by atoms with Gasteiger partial charge in [0.2, 0.25) is 9.84 Å². The molecule has 0 aliphatic rings. The molecule has 0 aromatic heterocycles. The van der Waals surface area contributed by atoms with Crippen LogP contribution < -0.4 is 20.9 Å². The number of aryl methyl sites for hydroxylation is 2. The van der Waals surface area contributed by atoms with E-state index in [1.807, 2.05) is 0 Å². The molecular formula is C26H24N2O4S. The molecule has 7 heteroatoms. The summed E-state index contributed by atoms with van der Waals surface area (Å²) in [6.07, 6.45) is 0. The van der Waals surface area contributed by atoms with E-state index in [0.717, 1.165) is 0 Å². The summed E-state index contributed by atoms with van der Waals surface area (Å²) in [7, 11) is -3.73. The van der Waals surface area contributed by atoms with Crippen LogP contribution in [0.1, 0.15) is 11.1 Å². The number of rotatable bonds is 6. The second kappa shape index (κ2) is 8.88. The predicted octanol–water partition coefficient (Wildman–Crippen LogP) is 5.89. The molecule has 0 atom stereocenters. The van der Waals surface area contributed by atoms with Gasteiger partial charge in [-0.1, -0.05) is 0 Å². The van der Waals surface area contributed by atoms with Gasteiger partial charge in [-0.15, -0.1) is 0 Å². The maximum atomic E-state index is 13.4. The van der Waals surface area contributed by atoms with Crippen LogP contribution in [0.4, 0.5) is 11.4 Å². The van der Waals surface area contributed by atoms with Crippen LogP contribution in [0.25, 0.3) is 0 Å². The average molecular weight is 461 g/mol. The van der Waals surface area contributed by atoms with E-state index in [-0.39, 0.29) is 9.79 Å². The summed E-state index contributed by atoms with van der Waals surface area (Å²) in [5.41, 5.74) is 13.8. The number of benzene rings is 4. The third-order valence-corrected chi connectivity index (χ3v) is 7.18. The van der Waals surface area contributed by atoms with Crippen LogP contribution in [0.2, 0.25) is 0 Å². The lowest BCUT2D eigenvalue weighted by molar-refractivity contribution is 0.481. The highest BCUT2D eigenvalue weighted by Crippen LogP contribution is 2.33. The van der Waals surface area contributed by atoms with Gasteiger partial charge in [-0.2, -0.15) is 0 Å². The highest BCUT2D eigenvalue weighted by Gasteiger charge is 2.23. The SMILES string of the molecule is Cc1cc(Oc2ccc(N)cc2)ccc1S(=O)(=O)c1ccc(Oc2ccc(N)cc2)cc1C. The molecule has 0 aliphatic heterocycles. The quantitative estimate of drug-likeness (QED) is 0.348. The predicted molar refractivity (Wildman–Crippen MR) is 130 cm³/mol. The van der Waals surface area contributed by atoms with Crippen LogP contribution in [0, 0.1) is 13.8 Å². The van der Waals surface area contributed by atoms with Gasteiger partial charge in [-0.05, 0) is 110 Å². The van der Waals surface area contributed by atoms with Gasteiger partial charge >= 0.3 is 0 Å². The number of sulfone groups is 1. The largest absolute Gasteiger partial charge is 0.457 e. The summed E-state index contributed by atoms with van der Waals surface area (Å²) in [6, 6.07) is 23.8. The lowest BCUT2D eigenvalue weighted by atomic mass is 10.2. The fraction of sp³-hybridized carbons (Fsp3) is 0.0769. The van der Waals surface area contributed by atoms with Crippen molar-refractivity contribution in [3.8, 4) is 23.0 Å². The van der Waals surface area contributed by atoms with E-state index < -0.39 is 9.84 Å². The van der Waals surface area contributed by atoms with Gasteiger partial charge in [0, 0.05) is 11.4 Å². The first-order valence-corrected chi connectivity index (χ1v) is 11.7. The molecule has 0 amide bonds. The van der Waals surface area contributed by atoms with Gasteiger partial charge in [-0.3, -0.25) is 0 Å². The fourth-order valence-electron chi connectivity index (χ4n) is 3.44. The third kappa shape index (κ3) is 4.94. The minimum Gasteiger partial charge on any atom is -0.457 e. The first kappa shape index (κ1) is 22.2. The van der Waals surface area contributed by atoms with Crippen molar-refractivity contribution in [2.75, 3.05) is 11.5 Å². The Labute approximate surface area is 193 Å². The first-order chi connectivity index (χ1) is 15.7. The molecule has 0 saturated carbocycles. The van der Waals surface area contributed by atoms with Crippen LogP contribution in [0.3, 0.4) is 0 Å². The van der Waals surface area contributed by atoms with Crippen LogP contribution in [-0.2, 0) is 9.84 Å². The van der Waals surface area contributed by atoms with Gasteiger partial charge in [0.05, 0.1) is 9.79 Å². The molecule has 0 unspecified atom stereocenters. The Morgan fingerprint density at radius 1 is 0.545 bits per heavy atom. The molecule has 168 valence electrons. The second-order valence-corrected chi connectivity index (χ2v) is 9.59. The van der Waals surface area contributed by atoms with Crippen molar-refractivity contribution in [1.82, 2.24) is 0 Å². The number of hydrogen-bond donors (Lipinski definition) is 2. The molecule has 0 heterocycles. The van der Waals surface area contributed by atoms with Crippen LogP contribution in [0.15, 0.2) is 94.7 Å². The Hall–Kier alpha value is -3.97. The standard InChI is InChI=1S/C26H24N2O4S/c1-17-15-23(31-21-7-3-19(27)4-8-21)11-13-25(17)33(29,30)26-14-12-24(16-18(26)2)32-22-9-5-20(28)6-10-22/h3-16H,27-28H2,1-2H3. The Morgan fingerprint density at radius 2 is 0.879 bits per heavy atom. The van der Waals surface area contributed by atoms with E-state index >= 15 is 0 Å². The Morgan fingerprint density at radius 3 is 1.21 bits per heavy atom. The van der Waals surface area contributed by atoms with Gasteiger partial charge < -0.3 is 20.9 Å². The van der Waals surface area contributed by atoms with E-state index in [9.17, 15) is 8.42 Å². The van der Waals surface area contributed by atoms with Gasteiger partial charge in [0.15, 0.2) is 0 Å². The van der Waals surface area contributed by atoms with E-state index in [2.05, 4.69) is 0 Å². The van der Waals surface area contributed by atoms with Crippen LogP contribution in [-0.4, -0.2) is 8.42 Å². The molecule has 6 nitrogen and oxygen atoms in total.